The fraction of sp³-hybridized carbons (Fsp3) is 0.240. The second-order valence-electron chi connectivity index (χ2n) is 7.56. The predicted octanol–water partition coefficient (Wildman–Crippen LogP) is 4.69. The molecule has 6 heteroatoms. The van der Waals surface area contributed by atoms with Crippen molar-refractivity contribution in [3.63, 3.8) is 0 Å². The first-order chi connectivity index (χ1) is 15.1. The van der Waals surface area contributed by atoms with Crippen LogP contribution in [0.3, 0.4) is 0 Å². The van der Waals surface area contributed by atoms with E-state index in [4.69, 9.17) is 8.83 Å². The van der Waals surface area contributed by atoms with Gasteiger partial charge in [0.05, 0.1) is 11.8 Å². The maximum absolute atomic E-state index is 12.8. The third-order valence-electron chi connectivity index (χ3n) is 5.46. The van der Waals surface area contributed by atoms with Crippen LogP contribution >= 0.6 is 0 Å². The van der Waals surface area contributed by atoms with Gasteiger partial charge in [-0.2, -0.15) is 0 Å². The Morgan fingerprint density at radius 2 is 1.90 bits per heavy atom. The van der Waals surface area contributed by atoms with Gasteiger partial charge in [-0.15, -0.1) is 0 Å². The van der Waals surface area contributed by atoms with Gasteiger partial charge in [0.15, 0.2) is 0 Å². The number of nitrogens with one attached hydrogen (secondary N) is 2. The van der Waals surface area contributed by atoms with E-state index in [1.54, 1.807) is 25.4 Å². The number of carbonyl (C=O) groups is 1. The monoisotopic (exact) mass is 418 g/mol. The van der Waals surface area contributed by atoms with Crippen molar-refractivity contribution < 1.29 is 18.7 Å². The highest BCUT2D eigenvalue weighted by molar-refractivity contribution is 6.12. The first-order valence-corrected chi connectivity index (χ1v) is 10.4. The third kappa shape index (κ3) is 4.20. The van der Waals surface area contributed by atoms with Gasteiger partial charge in [0.1, 0.15) is 22.9 Å². The number of hydrogen-bond acceptors (Lipinski definition) is 5. The number of rotatable bonds is 8. The van der Waals surface area contributed by atoms with Crippen molar-refractivity contribution in [3.8, 4) is 17.1 Å². The van der Waals surface area contributed by atoms with Gasteiger partial charge < -0.3 is 24.6 Å². The fourth-order valence-electron chi connectivity index (χ4n) is 3.84. The molecule has 2 aromatic heterocycles. The number of phenols is 1. The van der Waals surface area contributed by atoms with Gasteiger partial charge in [0.2, 0.25) is 0 Å². The smallest absolute Gasteiger partial charge is 0.255 e. The zero-order valence-electron chi connectivity index (χ0n) is 17.6. The van der Waals surface area contributed by atoms with Crippen LogP contribution in [0.25, 0.3) is 22.3 Å². The Bertz CT molecular complexity index is 1160. The molecule has 1 unspecified atom stereocenters. The highest BCUT2D eigenvalue weighted by atomic mass is 16.3. The lowest BCUT2D eigenvalue weighted by molar-refractivity contribution is 0.0964. The summed E-state index contributed by atoms with van der Waals surface area (Å²) in [5.41, 5.74) is 2.53. The molecule has 4 aromatic rings. The van der Waals surface area contributed by atoms with E-state index < -0.39 is 0 Å². The summed E-state index contributed by atoms with van der Waals surface area (Å²) in [6, 6.07) is 16.7. The van der Waals surface area contributed by atoms with Crippen LogP contribution in [-0.2, 0) is 6.42 Å². The molecule has 0 bridgehead atoms. The van der Waals surface area contributed by atoms with Crippen molar-refractivity contribution >= 4 is 16.9 Å². The Labute approximate surface area is 180 Å². The van der Waals surface area contributed by atoms with Crippen LogP contribution in [-0.4, -0.2) is 31.2 Å². The van der Waals surface area contributed by atoms with Crippen molar-refractivity contribution in [1.29, 1.82) is 0 Å². The standard InChI is InChI=1S/C25H26N2O4/c1-16(20-9-6-14-30-20)15-27-13-12-18-19(28)10-11-21-22(18)23(25(29)26-2)24(31-21)17-7-4-3-5-8-17/h3-11,14,16,27-28H,12-13,15H2,1-2H3,(H,26,29). The Morgan fingerprint density at radius 1 is 1.10 bits per heavy atom. The number of benzene rings is 2. The molecule has 2 aromatic carbocycles. The maximum Gasteiger partial charge on any atom is 0.255 e. The zero-order valence-corrected chi connectivity index (χ0v) is 17.6. The number of carbonyl (C=O) groups excluding carboxylic acids is 1. The lowest BCUT2D eigenvalue weighted by Crippen LogP contribution is -2.23. The zero-order chi connectivity index (χ0) is 21.8. The van der Waals surface area contributed by atoms with Gasteiger partial charge in [-0.3, -0.25) is 4.79 Å². The minimum atomic E-state index is -0.246. The molecule has 1 amide bonds. The third-order valence-corrected chi connectivity index (χ3v) is 5.46. The Hall–Kier alpha value is -3.51. The van der Waals surface area contributed by atoms with E-state index in [2.05, 4.69) is 17.6 Å². The largest absolute Gasteiger partial charge is 0.508 e. The molecule has 0 saturated heterocycles. The predicted molar refractivity (Wildman–Crippen MR) is 120 cm³/mol. The summed E-state index contributed by atoms with van der Waals surface area (Å²) >= 11 is 0. The van der Waals surface area contributed by atoms with E-state index in [1.165, 1.54) is 0 Å². The van der Waals surface area contributed by atoms with Crippen LogP contribution in [0.1, 0.15) is 34.5 Å². The van der Waals surface area contributed by atoms with Gasteiger partial charge in [0, 0.05) is 36.0 Å². The lowest BCUT2D eigenvalue weighted by atomic mass is 9.98. The van der Waals surface area contributed by atoms with Gasteiger partial charge >= 0.3 is 0 Å². The summed E-state index contributed by atoms with van der Waals surface area (Å²) in [5, 5.41) is 17.4. The van der Waals surface area contributed by atoms with Crippen LogP contribution < -0.4 is 10.6 Å². The molecule has 4 rings (SSSR count). The average Bonchev–Trinajstić information content (AvgIpc) is 3.46. The lowest BCUT2D eigenvalue weighted by Gasteiger charge is -2.12. The van der Waals surface area contributed by atoms with Crippen molar-refractivity contribution in [2.24, 2.45) is 0 Å². The van der Waals surface area contributed by atoms with Crippen LogP contribution in [0.4, 0.5) is 0 Å². The first kappa shape index (κ1) is 20.8. The number of amides is 1. The quantitative estimate of drug-likeness (QED) is 0.361. The molecule has 1 atom stereocenters. The number of furan rings is 2. The van der Waals surface area contributed by atoms with Crippen molar-refractivity contribution in [2.45, 2.75) is 19.3 Å². The number of fused-ring (bicyclic) bond motifs is 1. The van der Waals surface area contributed by atoms with Crippen LogP contribution in [0.15, 0.2) is 69.7 Å². The van der Waals surface area contributed by atoms with Crippen molar-refractivity contribution in [2.75, 3.05) is 20.1 Å². The highest BCUT2D eigenvalue weighted by Gasteiger charge is 2.25. The fourth-order valence-corrected chi connectivity index (χ4v) is 3.84. The van der Waals surface area contributed by atoms with Gasteiger partial charge in [0.25, 0.3) is 5.91 Å². The molecule has 3 N–H and O–H groups in total. The Balaban J connectivity index is 1.64. The number of hydrogen-bond donors (Lipinski definition) is 3. The topological polar surface area (TPSA) is 87.6 Å². The Kier molecular flexibility index (Phi) is 6.09. The van der Waals surface area contributed by atoms with Gasteiger partial charge in [-0.25, -0.2) is 0 Å². The van der Waals surface area contributed by atoms with E-state index in [1.807, 2.05) is 42.5 Å². The molecule has 0 radical (unpaired) electrons. The summed E-state index contributed by atoms with van der Waals surface area (Å²) < 4.78 is 11.5. The molecule has 0 saturated carbocycles. The van der Waals surface area contributed by atoms with Crippen molar-refractivity contribution in [3.05, 3.63) is 77.7 Å². The molecule has 6 nitrogen and oxygen atoms in total. The van der Waals surface area contributed by atoms with E-state index in [-0.39, 0.29) is 17.6 Å². The summed E-state index contributed by atoms with van der Waals surface area (Å²) in [4.78, 5) is 12.8. The summed E-state index contributed by atoms with van der Waals surface area (Å²) in [6.07, 6.45) is 2.22. The van der Waals surface area contributed by atoms with Gasteiger partial charge in [-0.1, -0.05) is 37.3 Å². The highest BCUT2D eigenvalue weighted by Crippen LogP contribution is 2.38. The summed E-state index contributed by atoms with van der Waals surface area (Å²) in [5.74, 6) is 1.57. The van der Waals surface area contributed by atoms with Crippen LogP contribution in [0.5, 0.6) is 5.75 Å². The molecule has 0 spiro atoms. The minimum Gasteiger partial charge on any atom is -0.508 e. The second-order valence-corrected chi connectivity index (χ2v) is 7.56. The van der Waals surface area contributed by atoms with Crippen LogP contribution in [0.2, 0.25) is 0 Å². The molecule has 0 aliphatic rings. The molecule has 31 heavy (non-hydrogen) atoms. The number of aromatic hydroxyl groups is 1. The molecule has 0 fully saturated rings. The Morgan fingerprint density at radius 3 is 2.61 bits per heavy atom. The van der Waals surface area contributed by atoms with E-state index >= 15 is 0 Å². The van der Waals surface area contributed by atoms with Crippen LogP contribution in [0, 0.1) is 0 Å². The molecular weight excluding hydrogens is 392 g/mol. The summed E-state index contributed by atoms with van der Waals surface area (Å²) in [7, 11) is 1.59. The molecule has 0 aliphatic heterocycles. The van der Waals surface area contributed by atoms with Crippen molar-refractivity contribution in [1.82, 2.24) is 10.6 Å². The minimum absolute atomic E-state index is 0.152. The van der Waals surface area contributed by atoms with Gasteiger partial charge in [-0.05, 0) is 37.2 Å². The van der Waals surface area contributed by atoms with E-state index in [9.17, 15) is 9.90 Å². The SMILES string of the molecule is CNC(=O)c1c(-c2ccccc2)oc2ccc(O)c(CCNCC(C)c3ccco3)c12. The number of phenolic OH excluding ortho intramolecular Hbond substituents is 1. The maximum atomic E-state index is 12.8. The average molecular weight is 418 g/mol. The van der Waals surface area contributed by atoms with E-state index in [0.717, 1.165) is 17.9 Å². The summed E-state index contributed by atoms with van der Waals surface area (Å²) in [6.45, 7) is 3.47. The normalized spacial score (nSPS) is 12.2. The molecule has 2 heterocycles. The second kappa shape index (κ2) is 9.10. The first-order valence-electron chi connectivity index (χ1n) is 10.4. The molecule has 0 aliphatic carbocycles. The molecule has 160 valence electrons. The van der Waals surface area contributed by atoms with E-state index in [0.29, 0.717) is 40.8 Å². The molecular formula is C25H26N2O4.